The van der Waals surface area contributed by atoms with E-state index in [0.717, 1.165) is 19.4 Å². The van der Waals surface area contributed by atoms with Gasteiger partial charge in [0.1, 0.15) is 5.82 Å². The number of rotatable bonds is 6. The first-order chi connectivity index (χ1) is 10.1. The zero-order chi connectivity index (χ0) is 14.8. The van der Waals surface area contributed by atoms with Crippen LogP contribution in [0.3, 0.4) is 0 Å². The first kappa shape index (κ1) is 14.2. The Bertz CT molecular complexity index is 638. The van der Waals surface area contributed by atoms with Gasteiger partial charge in [-0.3, -0.25) is 4.90 Å². The molecule has 5 heteroatoms. The van der Waals surface area contributed by atoms with Crippen molar-refractivity contribution in [2.75, 3.05) is 0 Å². The number of carbonyl (C=O) groups is 1. The lowest BCUT2D eigenvalue weighted by Gasteiger charge is -2.22. The molecule has 21 heavy (non-hydrogen) atoms. The molecule has 0 amide bonds. The molecule has 1 aliphatic rings. The largest absolute Gasteiger partial charge is 0.478 e. The Morgan fingerprint density at radius 1 is 1.33 bits per heavy atom. The lowest BCUT2D eigenvalue weighted by atomic mass is 10.1. The van der Waals surface area contributed by atoms with Crippen molar-refractivity contribution in [3.8, 4) is 0 Å². The Labute approximate surface area is 126 Å². The fourth-order valence-electron chi connectivity index (χ4n) is 2.49. The van der Waals surface area contributed by atoms with Crippen molar-refractivity contribution in [2.24, 2.45) is 0 Å². The van der Waals surface area contributed by atoms with Crippen LogP contribution >= 0.6 is 11.3 Å². The average Bonchev–Trinajstić information content (AvgIpc) is 3.16. The molecule has 2 aromatic rings. The van der Waals surface area contributed by atoms with Crippen molar-refractivity contribution in [1.29, 1.82) is 0 Å². The fourth-order valence-corrected chi connectivity index (χ4v) is 3.15. The molecule has 0 saturated heterocycles. The van der Waals surface area contributed by atoms with Gasteiger partial charge in [-0.2, -0.15) is 11.3 Å². The Morgan fingerprint density at radius 2 is 2.14 bits per heavy atom. The Balaban J connectivity index is 1.82. The van der Waals surface area contributed by atoms with Gasteiger partial charge in [0.05, 0.1) is 5.56 Å². The van der Waals surface area contributed by atoms with Crippen LogP contribution in [-0.4, -0.2) is 22.0 Å². The molecule has 0 unspecified atom stereocenters. The van der Waals surface area contributed by atoms with Crippen molar-refractivity contribution in [2.45, 2.75) is 32.0 Å². The van der Waals surface area contributed by atoms with Crippen LogP contribution in [0.1, 0.15) is 34.3 Å². The van der Waals surface area contributed by atoms with E-state index in [1.807, 2.05) is 5.38 Å². The fraction of sp³-hybridized carbons (Fsp3) is 0.312. The summed E-state index contributed by atoms with van der Waals surface area (Å²) in [4.78, 5) is 13.5. The average molecular weight is 305 g/mol. The quantitative estimate of drug-likeness (QED) is 0.883. The van der Waals surface area contributed by atoms with Gasteiger partial charge >= 0.3 is 5.97 Å². The minimum Gasteiger partial charge on any atom is -0.478 e. The lowest BCUT2D eigenvalue weighted by molar-refractivity contribution is 0.0694. The minimum absolute atomic E-state index is 0.187. The van der Waals surface area contributed by atoms with Crippen molar-refractivity contribution in [3.05, 3.63) is 57.5 Å². The Kier molecular flexibility index (Phi) is 4.03. The predicted molar refractivity (Wildman–Crippen MR) is 79.9 cm³/mol. The Morgan fingerprint density at radius 3 is 2.76 bits per heavy atom. The normalized spacial score (nSPS) is 14.6. The molecule has 1 aromatic heterocycles. The highest BCUT2D eigenvalue weighted by Gasteiger charge is 2.30. The molecular weight excluding hydrogens is 289 g/mol. The van der Waals surface area contributed by atoms with Crippen molar-refractivity contribution < 1.29 is 14.3 Å². The predicted octanol–water partition coefficient (Wildman–Crippen LogP) is 3.75. The lowest BCUT2D eigenvalue weighted by Crippen LogP contribution is -2.26. The molecule has 1 saturated carbocycles. The molecule has 1 N–H and O–H groups in total. The summed E-state index contributed by atoms with van der Waals surface area (Å²) in [5.74, 6) is -1.39. The number of nitrogens with zero attached hydrogens (tertiary/aromatic N) is 1. The molecule has 1 fully saturated rings. The standard InChI is InChI=1S/C16H16FNO2S/c17-13-1-4-15(16(19)20)12(7-13)9-18(14-2-3-14)8-11-5-6-21-10-11/h1,4-7,10,14H,2-3,8-9H2,(H,19,20). The van der Waals surface area contributed by atoms with Gasteiger partial charge in [0, 0.05) is 19.1 Å². The highest BCUT2D eigenvalue weighted by molar-refractivity contribution is 7.07. The van der Waals surface area contributed by atoms with Gasteiger partial charge < -0.3 is 5.11 Å². The maximum absolute atomic E-state index is 13.4. The minimum atomic E-state index is -1.00. The van der Waals surface area contributed by atoms with Crippen LogP contribution in [0.25, 0.3) is 0 Å². The third kappa shape index (κ3) is 3.49. The Hall–Kier alpha value is -1.72. The zero-order valence-electron chi connectivity index (χ0n) is 11.5. The van der Waals surface area contributed by atoms with Gasteiger partial charge in [-0.15, -0.1) is 0 Å². The summed E-state index contributed by atoms with van der Waals surface area (Å²) < 4.78 is 13.4. The number of thiophene rings is 1. The van der Waals surface area contributed by atoms with Crippen LogP contribution in [0.4, 0.5) is 4.39 Å². The molecule has 0 radical (unpaired) electrons. The number of hydrogen-bond donors (Lipinski definition) is 1. The van der Waals surface area contributed by atoms with Crippen molar-refractivity contribution >= 4 is 17.3 Å². The summed E-state index contributed by atoms with van der Waals surface area (Å²) in [6.45, 7) is 1.25. The number of benzene rings is 1. The molecule has 1 aromatic carbocycles. The number of hydrogen-bond acceptors (Lipinski definition) is 3. The summed E-state index contributed by atoms with van der Waals surface area (Å²) in [5.41, 5.74) is 1.96. The number of carboxylic acid groups (broad SMARTS) is 1. The summed E-state index contributed by atoms with van der Waals surface area (Å²) in [6.07, 6.45) is 2.25. The van der Waals surface area contributed by atoms with E-state index in [1.54, 1.807) is 11.3 Å². The van der Waals surface area contributed by atoms with Crippen LogP contribution in [0.2, 0.25) is 0 Å². The summed E-state index contributed by atoms with van der Waals surface area (Å²) >= 11 is 1.65. The van der Waals surface area contributed by atoms with Gasteiger partial charge in [-0.05, 0) is 59.0 Å². The summed E-state index contributed by atoms with van der Waals surface area (Å²) in [7, 11) is 0. The second-order valence-corrected chi connectivity index (χ2v) is 6.15. The second-order valence-electron chi connectivity index (χ2n) is 5.37. The topological polar surface area (TPSA) is 40.5 Å². The zero-order valence-corrected chi connectivity index (χ0v) is 12.3. The summed E-state index contributed by atoms with van der Waals surface area (Å²) in [5, 5.41) is 13.4. The SMILES string of the molecule is O=C(O)c1ccc(F)cc1CN(Cc1ccsc1)C1CC1. The molecule has 0 atom stereocenters. The van der Waals surface area contributed by atoms with E-state index in [9.17, 15) is 14.3 Å². The number of carboxylic acids is 1. The maximum atomic E-state index is 13.4. The van der Waals surface area contributed by atoms with E-state index in [1.165, 1.54) is 23.8 Å². The molecule has 1 heterocycles. The van der Waals surface area contributed by atoms with E-state index < -0.39 is 5.97 Å². The van der Waals surface area contributed by atoms with Crippen molar-refractivity contribution in [3.63, 3.8) is 0 Å². The molecule has 1 aliphatic carbocycles. The van der Waals surface area contributed by atoms with Gasteiger partial charge in [-0.25, -0.2) is 9.18 Å². The van der Waals surface area contributed by atoms with E-state index in [0.29, 0.717) is 18.2 Å². The van der Waals surface area contributed by atoms with Gasteiger partial charge in [0.15, 0.2) is 0 Å². The third-order valence-corrected chi connectivity index (χ3v) is 4.43. The first-order valence-corrected chi connectivity index (χ1v) is 7.84. The van der Waals surface area contributed by atoms with Gasteiger partial charge in [-0.1, -0.05) is 0 Å². The molecule has 110 valence electrons. The monoisotopic (exact) mass is 305 g/mol. The molecule has 3 nitrogen and oxygen atoms in total. The molecule has 0 spiro atoms. The molecule has 0 aliphatic heterocycles. The highest BCUT2D eigenvalue weighted by atomic mass is 32.1. The first-order valence-electron chi connectivity index (χ1n) is 6.90. The highest BCUT2D eigenvalue weighted by Crippen LogP contribution is 2.31. The molecule has 3 rings (SSSR count). The van der Waals surface area contributed by atoms with E-state index in [2.05, 4.69) is 16.3 Å². The van der Waals surface area contributed by atoms with Crippen LogP contribution in [0, 0.1) is 5.82 Å². The van der Waals surface area contributed by atoms with E-state index >= 15 is 0 Å². The summed E-state index contributed by atoms with van der Waals surface area (Å²) in [6, 6.07) is 6.45. The number of aromatic carboxylic acids is 1. The molecule has 0 bridgehead atoms. The van der Waals surface area contributed by atoms with E-state index in [4.69, 9.17) is 0 Å². The van der Waals surface area contributed by atoms with Crippen LogP contribution < -0.4 is 0 Å². The van der Waals surface area contributed by atoms with Crippen LogP contribution in [0.15, 0.2) is 35.0 Å². The third-order valence-electron chi connectivity index (χ3n) is 3.70. The van der Waals surface area contributed by atoms with Crippen LogP contribution in [0.5, 0.6) is 0 Å². The molecular formula is C16H16FNO2S. The van der Waals surface area contributed by atoms with E-state index in [-0.39, 0.29) is 11.4 Å². The smallest absolute Gasteiger partial charge is 0.336 e. The van der Waals surface area contributed by atoms with Gasteiger partial charge in [0.2, 0.25) is 0 Å². The van der Waals surface area contributed by atoms with Gasteiger partial charge in [0.25, 0.3) is 0 Å². The van der Waals surface area contributed by atoms with Crippen molar-refractivity contribution in [1.82, 2.24) is 4.90 Å². The number of halogens is 1. The maximum Gasteiger partial charge on any atom is 0.336 e. The van der Waals surface area contributed by atoms with Crippen LogP contribution in [-0.2, 0) is 13.1 Å². The second kappa shape index (κ2) is 5.95.